The van der Waals surface area contributed by atoms with Crippen LogP contribution in [0.4, 0.5) is 0 Å². The monoisotopic (exact) mass is 430 g/mol. The van der Waals surface area contributed by atoms with Crippen LogP contribution in [-0.4, -0.2) is 13.3 Å². The first-order valence-corrected chi connectivity index (χ1v) is 12.4. The summed E-state index contributed by atoms with van der Waals surface area (Å²) < 4.78 is 1.54. The molecule has 80 valence electrons. The zero-order chi connectivity index (χ0) is 10.4. The van der Waals surface area contributed by atoms with Gasteiger partial charge in [-0.2, -0.15) is 6.08 Å². The molecule has 0 bridgehead atoms. The summed E-state index contributed by atoms with van der Waals surface area (Å²) in [6, 6.07) is 0. The summed E-state index contributed by atoms with van der Waals surface area (Å²) >= 11 is -1.46. The molecular weight excluding hydrogens is 407 g/mol. The maximum atomic E-state index is 3.39. The van der Waals surface area contributed by atoms with Crippen molar-refractivity contribution < 1.29 is 28.7 Å². The Labute approximate surface area is 118 Å². The Morgan fingerprint density at radius 1 is 1.20 bits per heavy atom. The summed E-state index contributed by atoms with van der Waals surface area (Å²) in [5.74, 6) is 7.20. The molecule has 2 aliphatic carbocycles. The van der Waals surface area contributed by atoms with E-state index in [9.17, 15) is 0 Å². The fourth-order valence-corrected chi connectivity index (χ4v) is 3.88. The van der Waals surface area contributed by atoms with Crippen molar-refractivity contribution in [2.45, 2.75) is 30.1 Å². The van der Waals surface area contributed by atoms with Crippen molar-refractivity contribution in [2.24, 2.45) is 0 Å². The minimum Gasteiger partial charge on any atom is -1.00 e. The van der Waals surface area contributed by atoms with Crippen molar-refractivity contribution in [3.05, 3.63) is 46.9 Å². The molecule has 0 atom stereocenters. The summed E-state index contributed by atoms with van der Waals surface area (Å²) in [5, 5.41) is 0. The van der Waals surface area contributed by atoms with Crippen molar-refractivity contribution in [3.63, 3.8) is 0 Å². The van der Waals surface area contributed by atoms with Crippen LogP contribution in [0, 0.1) is 12.2 Å². The van der Waals surface area contributed by atoms with Gasteiger partial charge in [-0.15, -0.1) is 6.42 Å². The van der Waals surface area contributed by atoms with Crippen LogP contribution in [0.5, 0.6) is 0 Å². The normalized spacial score (nSPS) is 16.9. The first-order valence-electron chi connectivity index (χ1n) is 5.10. The molecule has 0 nitrogen and oxygen atoms in total. The third kappa shape index (κ3) is 6.52. The summed E-state index contributed by atoms with van der Waals surface area (Å²) in [6.07, 6.45) is 18.9. The molecule has 0 aromatic heterocycles. The molecule has 0 heterocycles. The Bertz CT molecular complexity index is 289. The van der Waals surface area contributed by atoms with Crippen LogP contribution in [0.1, 0.15) is 15.7 Å². The molecule has 0 aromatic rings. The van der Waals surface area contributed by atoms with Crippen LogP contribution in [0.3, 0.4) is 0 Å². The Morgan fingerprint density at radius 3 is 2.13 bits per heavy atom. The second-order valence-electron chi connectivity index (χ2n) is 4.45. The van der Waals surface area contributed by atoms with E-state index in [-0.39, 0.29) is 28.7 Å². The molecule has 0 saturated carbocycles. The first kappa shape index (κ1) is 15.4. The molecule has 0 aliphatic heterocycles. The van der Waals surface area contributed by atoms with E-state index in [0.29, 0.717) is 0 Å². The van der Waals surface area contributed by atoms with E-state index in [0.717, 1.165) is 12.8 Å². The maximum absolute atomic E-state index is 3.39. The molecule has 0 amide bonds. The predicted molar refractivity (Wildman–Crippen MR) is 67.7 cm³/mol. The van der Waals surface area contributed by atoms with E-state index < -0.39 is 13.3 Å². The van der Waals surface area contributed by atoms with Crippen molar-refractivity contribution in [2.75, 3.05) is 0 Å². The van der Waals surface area contributed by atoms with Gasteiger partial charge in [0.2, 0.25) is 0 Å². The van der Waals surface area contributed by atoms with Gasteiger partial charge in [0, 0.05) is 0 Å². The molecule has 2 heteroatoms. The van der Waals surface area contributed by atoms with Gasteiger partial charge in [-0.25, -0.2) is 12.2 Å². The summed E-state index contributed by atoms with van der Waals surface area (Å²) in [5.41, 5.74) is 0. The van der Waals surface area contributed by atoms with Gasteiger partial charge in [0.15, 0.2) is 0 Å². The van der Waals surface area contributed by atoms with Gasteiger partial charge in [0.25, 0.3) is 0 Å². The first-order chi connectivity index (χ1) is 6.61. The zero-order valence-corrected chi connectivity index (χ0v) is 15.5. The molecule has 2 aliphatic rings. The molecule has 0 N–H and O–H groups in total. The van der Waals surface area contributed by atoms with E-state index in [1.165, 1.54) is 4.41 Å². The van der Waals surface area contributed by atoms with E-state index in [4.69, 9.17) is 0 Å². The van der Waals surface area contributed by atoms with Gasteiger partial charge >= 0.3 is 85.4 Å². The molecule has 0 fully saturated rings. The summed E-state index contributed by atoms with van der Waals surface area (Å²) in [6.45, 7) is 0. The summed E-state index contributed by atoms with van der Waals surface area (Å²) in [4.78, 5) is 0. The summed E-state index contributed by atoms with van der Waals surface area (Å²) in [7, 11) is 0. The third-order valence-electron chi connectivity index (χ3n) is 2.09. The average Bonchev–Trinajstić information content (AvgIpc) is 2.80. The zero-order valence-electron chi connectivity index (χ0n) is 11.8. The van der Waals surface area contributed by atoms with Crippen molar-refractivity contribution in [1.29, 1.82) is 0 Å². The van der Waals surface area contributed by atoms with Gasteiger partial charge in [-0.05, 0) is 0 Å². The molecule has 0 saturated heterocycles. The third-order valence-corrected chi connectivity index (χ3v) is 6.20. The van der Waals surface area contributed by atoms with E-state index >= 15 is 0 Å². The number of allylic oxidation sites excluding steroid dienone is 8. The number of rotatable bonds is 1. The second-order valence-corrected chi connectivity index (χ2v) is 15.0. The Balaban J connectivity index is -0.000000216. The van der Waals surface area contributed by atoms with Crippen LogP contribution >= 0.6 is 0 Å². The van der Waals surface area contributed by atoms with Gasteiger partial charge in [-0.1, -0.05) is 0 Å². The average molecular weight is 427 g/mol. The van der Waals surface area contributed by atoms with Gasteiger partial charge < -0.3 is 2.85 Å². The van der Waals surface area contributed by atoms with E-state index in [1.807, 2.05) is 12.2 Å². The molecular formula is C13H20GeHf. The maximum Gasteiger partial charge on any atom is 4.00 e. The van der Waals surface area contributed by atoms with Gasteiger partial charge in [-0.3, -0.25) is 6.08 Å². The standard InChI is InChI=1S/C8H13Ge.C5H5.Hf.2H/c1-9(2,3)8-6-4-5-7-8;1-2-4-5-3-1;;;/h4,6H,5H2,1-3H3;1-3H,4H2;;;/q2*-1;+4;2*-1. The molecule has 15 heavy (non-hydrogen) atoms. The minimum absolute atomic E-state index is 0. The topological polar surface area (TPSA) is 0 Å². The molecule has 0 radical (unpaired) electrons. The SMILES string of the molecule is [C-]1=CC=CC1.[CH3][Ge]([CH3])([CH3])[C]1=[C-]CC=C1.[H-].[H-].[Hf+4]. The van der Waals surface area contributed by atoms with Crippen LogP contribution < -0.4 is 0 Å². The van der Waals surface area contributed by atoms with Gasteiger partial charge in [0.05, 0.1) is 0 Å². The number of hydrogen-bond acceptors (Lipinski definition) is 0. The van der Waals surface area contributed by atoms with Crippen LogP contribution in [-0.2, 0) is 25.8 Å². The number of hydrogen-bond donors (Lipinski definition) is 0. The molecule has 0 spiro atoms. The molecule has 0 unspecified atom stereocenters. The second kappa shape index (κ2) is 7.61. The van der Waals surface area contributed by atoms with Crippen molar-refractivity contribution in [1.82, 2.24) is 0 Å². The quantitative estimate of drug-likeness (QED) is 0.437. The minimum atomic E-state index is -1.46. The Hall–Kier alpha value is 0.373. The van der Waals surface area contributed by atoms with Crippen LogP contribution in [0.15, 0.2) is 34.8 Å². The van der Waals surface area contributed by atoms with Gasteiger partial charge in [0.1, 0.15) is 0 Å². The predicted octanol–water partition coefficient (Wildman–Crippen LogP) is 4.08. The van der Waals surface area contributed by atoms with Crippen LogP contribution in [0.25, 0.3) is 0 Å². The fraction of sp³-hybridized carbons (Fsp3) is 0.385. The smallest absolute Gasteiger partial charge is 1.00 e. The van der Waals surface area contributed by atoms with E-state index in [1.54, 1.807) is 0 Å². The molecule has 0 aromatic carbocycles. The van der Waals surface area contributed by atoms with Crippen LogP contribution in [0.2, 0.25) is 17.3 Å². The van der Waals surface area contributed by atoms with Crippen molar-refractivity contribution in [3.8, 4) is 0 Å². The fourth-order valence-electron chi connectivity index (χ4n) is 1.26. The van der Waals surface area contributed by atoms with Crippen molar-refractivity contribution >= 4 is 13.3 Å². The molecule has 2 rings (SSSR count). The van der Waals surface area contributed by atoms with E-state index in [2.05, 4.69) is 47.6 Å². The largest absolute Gasteiger partial charge is 4.00 e. The Morgan fingerprint density at radius 2 is 1.93 bits per heavy atom. The Kier molecular flexibility index (Phi) is 7.80.